The Balaban J connectivity index is 1.80. The molecule has 0 saturated carbocycles. The lowest BCUT2D eigenvalue weighted by molar-refractivity contribution is -0.132. The molecule has 2 fully saturated rings. The lowest BCUT2D eigenvalue weighted by Crippen LogP contribution is -2.62. The van der Waals surface area contributed by atoms with E-state index in [0.29, 0.717) is 26.1 Å². The average Bonchev–Trinajstić information content (AvgIpc) is 2.55. The van der Waals surface area contributed by atoms with Crippen LogP contribution in [0.1, 0.15) is 27.2 Å². The van der Waals surface area contributed by atoms with Gasteiger partial charge in [-0.05, 0) is 33.2 Å². The third-order valence-electron chi connectivity index (χ3n) is 3.53. The van der Waals surface area contributed by atoms with Gasteiger partial charge in [0, 0.05) is 26.1 Å². The van der Waals surface area contributed by atoms with Crippen LogP contribution in [0.15, 0.2) is 0 Å². The summed E-state index contributed by atoms with van der Waals surface area (Å²) in [4.78, 5) is 27.1. The SMILES string of the molecule is CC(C)(C)OC(=O)N1CC(N2CC(CN)CC2=O)C1. The van der Waals surface area contributed by atoms with Crippen molar-refractivity contribution >= 4 is 12.0 Å². The van der Waals surface area contributed by atoms with Crippen LogP contribution < -0.4 is 5.73 Å². The summed E-state index contributed by atoms with van der Waals surface area (Å²) in [5, 5.41) is 0. The number of hydrogen-bond donors (Lipinski definition) is 1. The highest BCUT2D eigenvalue weighted by Crippen LogP contribution is 2.25. The minimum Gasteiger partial charge on any atom is -0.444 e. The number of carbonyl (C=O) groups excluding carboxylic acids is 2. The second kappa shape index (κ2) is 5.00. The van der Waals surface area contributed by atoms with E-state index in [2.05, 4.69) is 0 Å². The smallest absolute Gasteiger partial charge is 0.410 e. The molecule has 0 spiro atoms. The van der Waals surface area contributed by atoms with Crippen LogP contribution in [0.5, 0.6) is 0 Å². The zero-order valence-corrected chi connectivity index (χ0v) is 11.9. The van der Waals surface area contributed by atoms with Crippen LogP contribution in [-0.2, 0) is 9.53 Å². The van der Waals surface area contributed by atoms with Crippen LogP contribution in [0.4, 0.5) is 4.79 Å². The third-order valence-corrected chi connectivity index (χ3v) is 3.53. The molecule has 0 aliphatic carbocycles. The maximum Gasteiger partial charge on any atom is 0.410 e. The van der Waals surface area contributed by atoms with E-state index in [1.54, 1.807) is 4.90 Å². The molecule has 2 amide bonds. The number of amides is 2. The first-order chi connectivity index (χ1) is 8.80. The summed E-state index contributed by atoms with van der Waals surface area (Å²) in [6, 6.07) is 0.136. The molecule has 2 aliphatic rings. The number of nitrogens with zero attached hydrogens (tertiary/aromatic N) is 2. The van der Waals surface area contributed by atoms with E-state index in [4.69, 9.17) is 10.5 Å². The summed E-state index contributed by atoms with van der Waals surface area (Å²) in [6.07, 6.45) is 0.241. The van der Waals surface area contributed by atoms with Crippen LogP contribution in [0.25, 0.3) is 0 Å². The van der Waals surface area contributed by atoms with Crippen LogP contribution in [0.2, 0.25) is 0 Å². The maximum absolute atomic E-state index is 11.8. The molecule has 0 bridgehead atoms. The summed E-state index contributed by atoms with van der Waals surface area (Å²) in [5.74, 6) is 0.423. The van der Waals surface area contributed by atoms with Gasteiger partial charge in [-0.25, -0.2) is 4.79 Å². The van der Waals surface area contributed by atoms with Gasteiger partial charge in [-0.2, -0.15) is 0 Å². The van der Waals surface area contributed by atoms with Gasteiger partial charge in [0.05, 0.1) is 6.04 Å². The topological polar surface area (TPSA) is 75.9 Å². The molecule has 6 heteroatoms. The van der Waals surface area contributed by atoms with E-state index in [1.165, 1.54) is 0 Å². The van der Waals surface area contributed by atoms with Gasteiger partial charge in [0.15, 0.2) is 0 Å². The Kier molecular flexibility index (Phi) is 3.71. The number of carbonyl (C=O) groups is 2. The number of ether oxygens (including phenoxy) is 1. The highest BCUT2D eigenvalue weighted by atomic mass is 16.6. The van der Waals surface area contributed by atoms with Crippen molar-refractivity contribution in [3.8, 4) is 0 Å². The first-order valence-electron chi connectivity index (χ1n) is 6.77. The Hall–Kier alpha value is -1.30. The van der Waals surface area contributed by atoms with Crippen molar-refractivity contribution in [1.82, 2.24) is 9.80 Å². The minimum atomic E-state index is -0.476. The number of nitrogens with two attached hydrogens (primary N) is 1. The molecule has 6 nitrogen and oxygen atoms in total. The van der Waals surface area contributed by atoms with Crippen molar-refractivity contribution < 1.29 is 14.3 Å². The zero-order chi connectivity index (χ0) is 14.2. The van der Waals surface area contributed by atoms with E-state index >= 15 is 0 Å². The Morgan fingerprint density at radius 2 is 2.00 bits per heavy atom. The first-order valence-corrected chi connectivity index (χ1v) is 6.77. The molecule has 19 heavy (non-hydrogen) atoms. The molecule has 1 unspecified atom stereocenters. The molecule has 1 atom stereocenters. The normalized spacial score (nSPS) is 24.6. The van der Waals surface area contributed by atoms with Gasteiger partial charge < -0.3 is 20.3 Å². The highest BCUT2D eigenvalue weighted by Gasteiger charge is 2.42. The summed E-state index contributed by atoms with van der Waals surface area (Å²) in [6.45, 7) is 7.94. The molecule has 2 aliphatic heterocycles. The molecule has 108 valence electrons. The second-order valence-corrected chi connectivity index (χ2v) is 6.39. The fourth-order valence-corrected chi connectivity index (χ4v) is 2.45. The number of hydrogen-bond acceptors (Lipinski definition) is 4. The fraction of sp³-hybridized carbons (Fsp3) is 0.846. The Labute approximate surface area is 113 Å². The molecule has 2 N–H and O–H groups in total. The largest absolute Gasteiger partial charge is 0.444 e. The summed E-state index contributed by atoms with van der Waals surface area (Å²) >= 11 is 0. The van der Waals surface area contributed by atoms with Crippen molar-refractivity contribution in [2.45, 2.75) is 38.8 Å². The first kappa shape index (κ1) is 14.1. The van der Waals surface area contributed by atoms with Crippen molar-refractivity contribution in [2.24, 2.45) is 11.7 Å². The van der Waals surface area contributed by atoms with E-state index in [-0.39, 0.29) is 24.0 Å². The van der Waals surface area contributed by atoms with Gasteiger partial charge in [0.2, 0.25) is 5.91 Å². The predicted molar refractivity (Wildman–Crippen MR) is 70.5 cm³/mol. The minimum absolute atomic E-state index is 0.136. The lowest BCUT2D eigenvalue weighted by atomic mass is 10.1. The van der Waals surface area contributed by atoms with E-state index in [9.17, 15) is 9.59 Å². The molecular formula is C13H23N3O3. The Morgan fingerprint density at radius 3 is 2.47 bits per heavy atom. The van der Waals surface area contributed by atoms with E-state index in [1.807, 2.05) is 25.7 Å². The van der Waals surface area contributed by atoms with Gasteiger partial charge in [-0.1, -0.05) is 0 Å². The van der Waals surface area contributed by atoms with Crippen LogP contribution in [0.3, 0.4) is 0 Å². The molecule has 2 saturated heterocycles. The molecule has 0 radical (unpaired) electrons. The van der Waals surface area contributed by atoms with Crippen LogP contribution in [0, 0.1) is 5.92 Å². The van der Waals surface area contributed by atoms with Gasteiger partial charge in [0.1, 0.15) is 5.60 Å². The third kappa shape index (κ3) is 3.18. The van der Waals surface area contributed by atoms with Crippen LogP contribution >= 0.6 is 0 Å². The van der Waals surface area contributed by atoms with Crippen molar-refractivity contribution in [2.75, 3.05) is 26.2 Å². The van der Waals surface area contributed by atoms with E-state index < -0.39 is 5.60 Å². The summed E-state index contributed by atoms with van der Waals surface area (Å²) < 4.78 is 5.29. The Bertz CT molecular complexity index is 372. The van der Waals surface area contributed by atoms with Gasteiger partial charge in [-0.3, -0.25) is 4.79 Å². The van der Waals surface area contributed by atoms with Crippen molar-refractivity contribution in [3.63, 3.8) is 0 Å². The molecule has 0 aromatic rings. The number of rotatable bonds is 2. The second-order valence-electron chi connectivity index (χ2n) is 6.39. The molecule has 0 aromatic carbocycles. The average molecular weight is 269 g/mol. The quantitative estimate of drug-likeness (QED) is 0.788. The van der Waals surface area contributed by atoms with Crippen molar-refractivity contribution in [3.05, 3.63) is 0 Å². The molecule has 2 heterocycles. The zero-order valence-electron chi connectivity index (χ0n) is 11.9. The highest BCUT2D eigenvalue weighted by molar-refractivity contribution is 5.79. The molecular weight excluding hydrogens is 246 g/mol. The predicted octanol–water partition coefficient (Wildman–Crippen LogP) is 0.413. The van der Waals surface area contributed by atoms with Gasteiger partial charge in [0.25, 0.3) is 0 Å². The summed E-state index contributed by atoms with van der Waals surface area (Å²) in [7, 11) is 0. The molecule has 2 rings (SSSR count). The fourth-order valence-electron chi connectivity index (χ4n) is 2.45. The van der Waals surface area contributed by atoms with Gasteiger partial charge in [-0.15, -0.1) is 0 Å². The summed E-state index contributed by atoms with van der Waals surface area (Å²) in [5.41, 5.74) is 5.12. The Morgan fingerprint density at radius 1 is 1.37 bits per heavy atom. The van der Waals surface area contributed by atoms with Gasteiger partial charge >= 0.3 is 6.09 Å². The lowest BCUT2D eigenvalue weighted by Gasteiger charge is -2.44. The van der Waals surface area contributed by atoms with Crippen LogP contribution in [-0.4, -0.2) is 59.6 Å². The standard InChI is InChI=1S/C13H23N3O3/c1-13(2,3)19-12(18)15-7-10(8-15)16-6-9(5-14)4-11(16)17/h9-10H,4-8,14H2,1-3H3. The number of likely N-dealkylation sites (tertiary alicyclic amines) is 2. The molecule has 0 aromatic heterocycles. The van der Waals surface area contributed by atoms with E-state index in [0.717, 1.165) is 6.54 Å². The maximum atomic E-state index is 11.8. The monoisotopic (exact) mass is 269 g/mol. The van der Waals surface area contributed by atoms with Crippen molar-refractivity contribution in [1.29, 1.82) is 0 Å².